The second kappa shape index (κ2) is 6.75. The van der Waals surface area contributed by atoms with E-state index < -0.39 is 11.7 Å². The van der Waals surface area contributed by atoms with Gasteiger partial charge in [0.2, 0.25) is 5.91 Å². The third-order valence-corrected chi connectivity index (χ3v) is 5.35. The Balaban J connectivity index is 1.59. The van der Waals surface area contributed by atoms with E-state index in [1.54, 1.807) is 0 Å². The lowest BCUT2D eigenvalue weighted by Gasteiger charge is -2.45. The van der Waals surface area contributed by atoms with Crippen molar-refractivity contribution in [1.29, 1.82) is 0 Å². The van der Waals surface area contributed by atoms with Crippen LogP contribution in [0.15, 0.2) is 24.3 Å². The molecule has 0 spiro atoms. The monoisotopic (exact) mass is 340 g/mol. The summed E-state index contributed by atoms with van der Waals surface area (Å²) in [5.41, 5.74) is 5.99. The first-order chi connectivity index (χ1) is 11.3. The Morgan fingerprint density at radius 3 is 2.25 bits per heavy atom. The van der Waals surface area contributed by atoms with Crippen LogP contribution in [0, 0.1) is 11.8 Å². The van der Waals surface area contributed by atoms with Gasteiger partial charge < -0.3 is 11.1 Å². The topological polar surface area (TPSA) is 55.1 Å². The number of carbonyl (C=O) groups excluding carboxylic acids is 1. The number of nitrogens with two attached hydrogens (primary N) is 1. The molecule has 0 radical (unpaired) electrons. The number of alkyl halides is 3. The Morgan fingerprint density at radius 2 is 1.71 bits per heavy atom. The molecule has 2 bridgehead atoms. The Labute approximate surface area is 139 Å². The van der Waals surface area contributed by atoms with Gasteiger partial charge in [-0.2, -0.15) is 13.2 Å². The summed E-state index contributed by atoms with van der Waals surface area (Å²) in [6, 6.07) is 5.19. The first kappa shape index (κ1) is 17.3. The van der Waals surface area contributed by atoms with E-state index in [2.05, 4.69) is 5.32 Å². The van der Waals surface area contributed by atoms with Crippen molar-refractivity contribution < 1.29 is 18.0 Å². The van der Waals surface area contributed by atoms with Gasteiger partial charge in [0, 0.05) is 12.1 Å². The largest absolute Gasteiger partial charge is 0.416 e. The summed E-state index contributed by atoms with van der Waals surface area (Å²) >= 11 is 0. The summed E-state index contributed by atoms with van der Waals surface area (Å²) in [5.74, 6) is 0.750. The van der Waals surface area contributed by atoms with Gasteiger partial charge in [-0.05, 0) is 55.2 Å². The highest BCUT2D eigenvalue weighted by Crippen LogP contribution is 2.39. The molecule has 3 rings (SSSR count). The lowest BCUT2D eigenvalue weighted by molar-refractivity contribution is -0.137. The van der Waals surface area contributed by atoms with Crippen LogP contribution in [-0.2, 0) is 17.4 Å². The van der Waals surface area contributed by atoms with Crippen molar-refractivity contribution in [3.8, 4) is 0 Å². The molecule has 0 heterocycles. The maximum absolute atomic E-state index is 12.6. The van der Waals surface area contributed by atoms with Gasteiger partial charge in [0.05, 0.1) is 12.0 Å². The van der Waals surface area contributed by atoms with E-state index in [1.807, 2.05) is 0 Å². The minimum atomic E-state index is -4.35. The first-order valence-corrected chi connectivity index (χ1v) is 8.54. The van der Waals surface area contributed by atoms with E-state index in [4.69, 9.17) is 5.73 Å². The Bertz CT molecular complexity index is 571. The van der Waals surface area contributed by atoms with Gasteiger partial charge in [0.25, 0.3) is 0 Å². The van der Waals surface area contributed by atoms with Crippen LogP contribution in [-0.4, -0.2) is 18.0 Å². The minimum absolute atomic E-state index is 0.111. The number of hydrogen-bond donors (Lipinski definition) is 2. The highest BCUT2D eigenvalue weighted by atomic mass is 19.4. The predicted molar refractivity (Wildman–Crippen MR) is 85.1 cm³/mol. The summed E-state index contributed by atoms with van der Waals surface area (Å²) in [4.78, 5) is 12.3. The van der Waals surface area contributed by atoms with E-state index in [0.717, 1.165) is 37.8 Å². The SMILES string of the molecule is NC1CC2CCCC(C1)C2NC(=O)Cc1ccc(C(F)(F)F)cc1. The van der Waals surface area contributed by atoms with Crippen LogP contribution in [0.25, 0.3) is 0 Å². The average Bonchev–Trinajstić information content (AvgIpc) is 2.48. The number of fused-ring (bicyclic) bond motifs is 2. The lowest BCUT2D eigenvalue weighted by atomic mass is 9.67. The van der Waals surface area contributed by atoms with E-state index >= 15 is 0 Å². The molecular weight excluding hydrogens is 317 g/mol. The standard InChI is InChI=1S/C18H23F3N2O/c19-18(20,21)14-6-4-11(5-7-14)8-16(24)23-17-12-2-1-3-13(17)10-15(22)9-12/h4-7,12-13,15,17H,1-3,8-10,22H2,(H,23,24). The maximum atomic E-state index is 12.6. The number of hydrogen-bond acceptors (Lipinski definition) is 2. The van der Waals surface area contributed by atoms with Gasteiger partial charge >= 0.3 is 6.18 Å². The maximum Gasteiger partial charge on any atom is 0.416 e. The van der Waals surface area contributed by atoms with E-state index in [1.165, 1.54) is 18.6 Å². The number of benzene rings is 1. The average molecular weight is 340 g/mol. The zero-order valence-corrected chi connectivity index (χ0v) is 13.5. The second-order valence-electron chi connectivity index (χ2n) is 7.15. The first-order valence-electron chi connectivity index (χ1n) is 8.54. The van der Waals surface area contributed by atoms with Crippen LogP contribution < -0.4 is 11.1 Å². The minimum Gasteiger partial charge on any atom is -0.353 e. The van der Waals surface area contributed by atoms with Crippen molar-refractivity contribution in [2.45, 2.75) is 56.8 Å². The van der Waals surface area contributed by atoms with Crippen LogP contribution in [0.5, 0.6) is 0 Å². The molecule has 2 saturated carbocycles. The zero-order chi connectivity index (χ0) is 17.3. The molecule has 0 saturated heterocycles. The molecule has 1 aromatic rings. The molecule has 3 nitrogen and oxygen atoms in total. The zero-order valence-electron chi connectivity index (χ0n) is 13.5. The van der Waals surface area contributed by atoms with Gasteiger partial charge in [0.15, 0.2) is 0 Å². The molecule has 2 unspecified atom stereocenters. The molecular formula is C18H23F3N2O. The number of rotatable bonds is 3. The highest BCUT2D eigenvalue weighted by molar-refractivity contribution is 5.79. The molecule has 1 amide bonds. The molecule has 132 valence electrons. The fraction of sp³-hybridized carbons (Fsp3) is 0.611. The summed E-state index contributed by atoms with van der Waals surface area (Å²) in [6.45, 7) is 0. The van der Waals surface area contributed by atoms with E-state index in [9.17, 15) is 18.0 Å². The summed E-state index contributed by atoms with van der Waals surface area (Å²) < 4.78 is 37.7. The second-order valence-corrected chi connectivity index (χ2v) is 7.15. The van der Waals surface area contributed by atoms with Crippen LogP contribution >= 0.6 is 0 Å². The quantitative estimate of drug-likeness (QED) is 0.887. The fourth-order valence-electron chi connectivity index (χ4n) is 4.26. The van der Waals surface area contributed by atoms with Crippen molar-refractivity contribution in [1.82, 2.24) is 5.32 Å². The normalized spacial score (nSPS) is 30.0. The molecule has 3 N–H and O–H groups in total. The van der Waals surface area contributed by atoms with Crippen molar-refractivity contribution >= 4 is 5.91 Å². The molecule has 2 aliphatic carbocycles. The Hall–Kier alpha value is -1.56. The van der Waals surface area contributed by atoms with Crippen molar-refractivity contribution in [3.05, 3.63) is 35.4 Å². The van der Waals surface area contributed by atoms with Gasteiger partial charge in [-0.1, -0.05) is 18.6 Å². The van der Waals surface area contributed by atoms with Crippen molar-refractivity contribution in [3.63, 3.8) is 0 Å². The van der Waals surface area contributed by atoms with Gasteiger partial charge in [-0.15, -0.1) is 0 Å². The summed E-state index contributed by atoms with van der Waals surface area (Å²) in [6.07, 6.45) is 1.03. The number of nitrogens with one attached hydrogen (secondary N) is 1. The number of halogens is 3. The van der Waals surface area contributed by atoms with Gasteiger partial charge in [-0.25, -0.2) is 0 Å². The Kier molecular flexibility index (Phi) is 4.85. The predicted octanol–water partition coefficient (Wildman–Crippen LogP) is 3.27. The molecule has 2 atom stereocenters. The van der Waals surface area contributed by atoms with E-state index in [0.29, 0.717) is 17.4 Å². The molecule has 2 aliphatic rings. The molecule has 6 heteroatoms. The van der Waals surface area contributed by atoms with Crippen LogP contribution in [0.4, 0.5) is 13.2 Å². The fourth-order valence-corrected chi connectivity index (χ4v) is 4.26. The van der Waals surface area contributed by atoms with Crippen LogP contribution in [0.1, 0.15) is 43.2 Å². The highest BCUT2D eigenvalue weighted by Gasteiger charge is 2.39. The molecule has 0 aliphatic heterocycles. The summed E-state index contributed by atoms with van der Waals surface area (Å²) in [5, 5.41) is 3.12. The van der Waals surface area contributed by atoms with Gasteiger partial charge in [-0.3, -0.25) is 4.79 Å². The summed E-state index contributed by atoms with van der Waals surface area (Å²) in [7, 11) is 0. The van der Waals surface area contributed by atoms with Gasteiger partial charge in [0.1, 0.15) is 0 Å². The molecule has 2 fully saturated rings. The smallest absolute Gasteiger partial charge is 0.353 e. The van der Waals surface area contributed by atoms with Crippen LogP contribution in [0.2, 0.25) is 0 Å². The third kappa shape index (κ3) is 3.91. The Morgan fingerprint density at radius 1 is 1.12 bits per heavy atom. The molecule has 0 aromatic heterocycles. The number of amides is 1. The van der Waals surface area contributed by atoms with Crippen LogP contribution in [0.3, 0.4) is 0 Å². The number of carbonyl (C=O) groups is 1. The molecule has 1 aromatic carbocycles. The third-order valence-electron chi connectivity index (χ3n) is 5.35. The van der Waals surface area contributed by atoms with Crippen molar-refractivity contribution in [2.24, 2.45) is 17.6 Å². The van der Waals surface area contributed by atoms with Crippen molar-refractivity contribution in [2.75, 3.05) is 0 Å². The lowest BCUT2D eigenvalue weighted by Crippen LogP contribution is -2.54. The van der Waals surface area contributed by atoms with E-state index in [-0.39, 0.29) is 24.4 Å². The molecule has 24 heavy (non-hydrogen) atoms.